The summed E-state index contributed by atoms with van der Waals surface area (Å²) in [4.78, 5) is 2.64. The van der Waals surface area contributed by atoms with E-state index in [1.54, 1.807) is 0 Å². The van der Waals surface area contributed by atoms with Gasteiger partial charge in [0.25, 0.3) is 0 Å². The van der Waals surface area contributed by atoms with E-state index in [9.17, 15) is 10.2 Å². The Bertz CT molecular complexity index is 307. The molecule has 3 saturated heterocycles. The third kappa shape index (κ3) is 2.68. The van der Waals surface area contributed by atoms with Crippen molar-refractivity contribution >= 4 is 0 Å². The Hall–Kier alpha value is -0.890. The number of rotatable bonds is 2. The van der Waals surface area contributed by atoms with Crippen molar-refractivity contribution in [2.45, 2.75) is 37.1 Å². The summed E-state index contributed by atoms with van der Waals surface area (Å²) in [6, 6.07) is 0. The van der Waals surface area contributed by atoms with Gasteiger partial charge < -0.3 is 24.4 Å². The molecule has 3 rings (SSSR count). The highest BCUT2D eigenvalue weighted by Gasteiger charge is 2.45. The lowest BCUT2D eigenvalue weighted by Crippen LogP contribution is -2.59. The summed E-state index contributed by atoms with van der Waals surface area (Å²) >= 11 is 0. The molecule has 0 spiro atoms. The Morgan fingerprint density at radius 3 is 2.76 bits per heavy atom. The molecule has 8 nitrogen and oxygen atoms in total. The number of aliphatic hydroxyl groups is 2. The van der Waals surface area contributed by atoms with Crippen molar-refractivity contribution in [1.82, 2.24) is 0 Å². The van der Waals surface area contributed by atoms with Gasteiger partial charge in [0.15, 0.2) is 6.29 Å². The van der Waals surface area contributed by atoms with E-state index in [4.69, 9.17) is 19.7 Å². The van der Waals surface area contributed by atoms with Crippen LogP contribution in [-0.4, -0.2) is 60.7 Å². The number of azide groups is 1. The zero-order valence-electron chi connectivity index (χ0n) is 9.18. The molecule has 0 radical (unpaired) electrons. The van der Waals surface area contributed by atoms with E-state index in [-0.39, 0.29) is 6.54 Å². The molecule has 5 unspecified atom stereocenters. The molecule has 8 heteroatoms. The second-order valence-corrected chi connectivity index (χ2v) is 4.00. The van der Waals surface area contributed by atoms with E-state index in [1.807, 2.05) is 0 Å². The molecule has 0 saturated carbocycles. The van der Waals surface area contributed by atoms with Crippen molar-refractivity contribution in [1.29, 1.82) is 0 Å². The van der Waals surface area contributed by atoms with E-state index < -0.39 is 30.7 Å². The van der Waals surface area contributed by atoms with Crippen molar-refractivity contribution in [3.05, 3.63) is 10.4 Å². The van der Waals surface area contributed by atoms with Crippen LogP contribution in [0.5, 0.6) is 0 Å². The maximum absolute atomic E-state index is 9.90. The van der Waals surface area contributed by atoms with Gasteiger partial charge in [0.2, 0.25) is 0 Å². The zero-order chi connectivity index (χ0) is 12.3. The second-order valence-electron chi connectivity index (χ2n) is 4.00. The van der Waals surface area contributed by atoms with Crippen LogP contribution in [0.1, 0.15) is 6.42 Å². The van der Waals surface area contributed by atoms with Crippen molar-refractivity contribution in [3.63, 3.8) is 0 Å². The quantitative estimate of drug-likeness (QED) is 0.388. The minimum Gasteiger partial charge on any atom is -0.387 e. The molecule has 0 amide bonds. The topological polar surface area (TPSA) is 117 Å². The van der Waals surface area contributed by atoms with Gasteiger partial charge >= 0.3 is 0 Å². The number of fused-ring (bicyclic) bond motifs is 6. The highest BCUT2D eigenvalue weighted by Crippen LogP contribution is 2.26. The number of nitrogens with zero attached hydrogens (tertiary/aromatic N) is 3. The Morgan fingerprint density at radius 1 is 1.24 bits per heavy atom. The van der Waals surface area contributed by atoms with Crippen molar-refractivity contribution in [2.24, 2.45) is 5.11 Å². The van der Waals surface area contributed by atoms with Gasteiger partial charge in [-0.05, 0) is 12.0 Å². The van der Waals surface area contributed by atoms with Crippen LogP contribution in [-0.2, 0) is 14.2 Å². The van der Waals surface area contributed by atoms with Crippen LogP contribution in [0, 0.1) is 0 Å². The van der Waals surface area contributed by atoms with Gasteiger partial charge in [0.1, 0.15) is 18.3 Å². The maximum Gasteiger partial charge on any atom is 0.186 e. The first-order valence-electron chi connectivity index (χ1n) is 5.49. The molecular formula is C9H15N3O5. The van der Waals surface area contributed by atoms with E-state index in [0.29, 0.717) is 19.6 Å². The first kappa shape index (κ1) is 12.6. The largest absolute Gasteiger partial charge is 0.387 e. The van der Waals surface area contributed by atoms with Crippen LogP contribution < -0.4 is 0 Å². The molecule has 3 fully saturated rings. The van der Waals surface area contributed by atoms with Crippen molar-refractivity contribution in [3.8, 4) is 0 Å². The number of hydrogen-bond acceptors (Lipinski definition) is 6. The fourth-order valence-electron chi connectivity index (χ4n) is 1.99. The molecule has 3 heterocycles. The normalized spacial score (nSPS) is 42.1. The average Bonchev–Trinajstić information content (AvgIpc) is 2.47. The van der Waals surface area contributed by atoms with Crippen LogP contribution in [0.4, 0.5) is 0 Å². The van der Waals surface area contributed by atoms with E-state index in [0.717, 1.165) is 0 Å². The maximum atomic E-state index is 9.90. The predicted octanol–water partition coefficient (Wildman–Crippen LogP) is -0.451. The lowest BCUT2D eigenvalue weighted by atomic mass is 9.99. The predicted molar refractivity (Wildman–Crippen MR) is 55.0 cm³/mol. The summed E-state index contributed by atoms with van der Waals surface area (Å²) in [5, 5.41) is 23.1. The van der Waals surface area contributed by atoms with Gasteiger partial charge in [-0.2, -0.15) is 0 Å². The van der Waals surface area contributed by atoms with Crippen LogP contribution >= 0.6 is 0 Å². The summed E-state index contributed by atoms with van der Waals surface area (Å²) in [6.07, 6.45) is -3.81. The molecule has 0 aromatic heterocycles. The standard InChI is InChI=1S/C9H15N3O5/c10-12-11-4-5-8-6(13)7(14)9(17-5)16-3-1-2-15-8/h5-9,13-14H,1-4H2. The second kappa shape index (κ2) is 5.63. The van der Waals surface area contributed by atoms with Gasteiger partial charge in [-0.3, -0.25) is 0 Å². The molecule has 96 valence electrons. The SMILES string of the molecule is [N-]=[N+]=NCC1OC2OCCCOC1C(O)C2O. The molecule has 3 aliphatic rings. The molecule has 0 aromatic carbocycles. The van der Waals surface area contributed by atoms with Crippen LogP contribution in [0.15, 0.2) is 5.11 Å². The van der Waals surface area contributed by atoms with Gasteiger partial charge in [0, 0.05) is 11.5 Å². The smallest absolute Gasteiger partial charge is 0.186 e. The molecule has 17 heavy (non-hydrogen) atoms. The third-order valence-electron chi connectivity index (χ3n) is 2.85. The van der Waals surface area contributed by atoms with Gasteiger partial charge in [0.05, 0.1) is 19.3 Å². The Labute approximate surface area is 97.7 Å². The van der Waals surface area contributed by atoms with Crippen LogP contribution in [0.25, 0.3) is 10.4 Å². The lowest BCUT2D eigenvalue weighted by molar-refractivity contribution is -0.291. The van der Waals surface area contributed by atoms with Gasteiger partial charge in [-0.15, -0.1) is 0 Å². The fourth-order valence-corrected chi connectivity index (χ4v) is 1.99. The van der Waals surface area contributed by atoms with Crippen LogP contribution in [0.3, 0.4) is 0 Å². The lowest BCUT2D eigenvalue weighted by Gasteiger charge is -2.40. The van der Waals surface area contributed by atoms with Crippen LogP contribution in [0.2, 0.25) is 0 Å². The minimum absolute atomic E-state index is 0.0325. The van der Waals surface area contributed by atoms with E-state index >= 15 is 0 Å². The summed E-state index contributed by atoms with van der Waals surface area (Å²) < 4.78 is 16.2. The minimum atomic E-state index is -1.15. The highest BCUT2D eigenvalue weighted by molar-refractivity contribution is 4.92. The van der Waals surface area contributed by atoms with Crippen molar-refractivity contribution < 1.29 is 24.4 Å². The first-order valence-corrected chi connectivity index (χ1v) is 5.49. The monoisotopic (exact) mass is 245 g/mol. The molecule has 2 N–H and O–H groups in total. The number of hydrogen-bond donors (Lipinski definition) is 2. The van der Waals surface area contributed by atoms with E-state index in [2.05, 4.69) is 10.0 Å². The summed E-state index contributed by atoms with van der Waals surface area (Å²) in [7, 11) is 0. The highest BCUT2D eigenvalue weighted by atomic mass is 16.7. The summed E-state index contributed by atoms with van der Waals surface area (Å²) in [6.45, 7) is 0.817. The fraction of sp³-hybridized carbons (Fsp3) is 1.00. The molecule has 0 aromatic rings. The van der Waals surface area contributed by atoms with Crippen molar-refractivity contribution in [2.75, 3.05) is 19.8 Å². The zero-order valence-corrected chi connectivity index (χ0v) is 9.18. The van der Waals surface area contributed by atoms with Gasteiger partial charge in [-0.25, -0.2) is 0 Å². The Balaban J connectivity index is 2.15. The molecule has 3 aliphatic heterocycles. The number of ether oxygens (including phenoxy) is 3. The van der Waals surface area contributed by atoms with E-state index in [1.165, 1.54) is 0 Å². The number of aliphatic hydroxyl groups excluding tert-OH is 2. The average molecular weight is 245 g/mol. The Kier molecular flexibility index (Phi) is 4.16. The van der Waals surface area contributed by atoms with Gasteiger partial charge in [-0.1, -0.05) is 5.11 Å². The summed E-state index contributed by atoms with van der Waals surface area (Å²) in [5.74, 6) is 0. The summed E-state index contributed by atoms with van der Waals surface area (Å²) in [5.41, 5.74) is 8.29. The Morgan fingerprint density at radius 2 is 2.00 bits per heavy atom. The molecular weight excluding hydrogens is 230 g/mol. The molecule has 5 atom stereocenters. The molecule has 2 bridgehead atoms. The third-order valence-corrected chi connectivity index (χ3v) is 2.85. The first-order chi connectivity index (χ1) is 8.24. The molecule has 0 aliphatic carbocycles.